The lowest BCUT2D eigenvalue weighted by Crippen LogP contribution is -2.34. The van der Waals surface area contributed by atoms with Crippen LogP contribution in [0.2, 0.25) is 0 Å². The second-order valence-corrected chi connectivity index (χ2v) is 4.79. The van der Waals surface area contributed by atoms with Gasteiger partial charge in [0.15, 0.2) is 0 Å². The fourth-order valence-corrected chi connectivity index (χ4v) is 2.35. The number of fused-ring (bicyclic) bond motifs is 1. The van der Waals surface area contributed by atoms with Crippen LogP contribution in [0.5, 0.6) is 0 Å². The lowest BCUT2D eigenvalue weighted by molar-refractivity contribution is 0.0787. The van der Waals surface area contributed by atoms with E-state index in [1.807, 2.05) is 12.1 Å². The van der Waals surface area contributed by atoms with Gasteiger partial charge in [-0.1, -0.05) is 18.2 Å². The molecule has 3 rings (SSSR count). The average molecular weight is 295 g/mol. The summed E-state index contributed by atoms with van der Waals surface area (Å²) < 4.78 is 5.17. The molecule has 1 saturated heterocycles. The van der Waals surface area contributed by atoms with Gasteiger partial charge in [0.2, 0.25) is 0 Å². The van der Waals surface area contributed by atoms with Crippen LogP contribution in [0.25, 0.3) is 11.0 Å². The first-order chi connectivity index (χ1) is 9.15. The topological polar surface area (TPSA) is 76.5 Å². The van der Waals surface area contributed by atoms with Gasteiger partial charge in [0.1, 0.15) is 11.1 Å². The van der Waals surface area contributed by atoms with Crippen LogP contribution in [0.1, 0.15) is 16.8 Å². The van der Waals surface area contributed by atoms with Crippen molar-refractivity contribution < 1.29 is 9.21 Å². The summed E-state index contributed by atoms with van der Waals surface area (Å²) in [6.45, 7) is 1.08. The minimum atomic E-state index is -0.593. The van der Waals surface area contributed by atoms with Gasteiger partial charge in [-0.15, -0.1) is 12.4 Å². The highest BCUT2D eigenvalue weighted by molar-refractivity contribution is 5.96. The molecule has 1 amide bonds. The minimum absolute atomic E-state index is 0. The van der Waals surface area contributed by atoms with E-state index in [9.17, 15) is 9.59 Å². The van der Waals surface area contributed by atoms with Crippen molar-refractivity contribution in [1.82, 2.24) is 4.90 Å². The van der Waals surface area contributed by atoms with Gasteiger partial charge in [0.25, 0.3) is 5.91 Å². The molecule has 1 aromatic carbocycles. The molecule has 0 spiro atoms. The summed E-state index contributed by atoms with van der Waals surface area (Å²) in [6.07, 6.45) is 0.769. The molecule has 0 saturated carbocycles. The van der Waals surface area contributed by atoms with Crippen molar-refractivity contribution in [1.29, 1.82) is 0 Å². The van der Waals surface area contributed by atoms with E-state index in [2.05, 4.69) is 0 Å². The van der Waals surface area contributed by atoms with E-state index in [0.29, 0.717) is 18.7 Å². The zero-order chi connectivity index (χ0) is 13.4. The average Bonchev–Trinajstić information content (AvgIpc) is 2.84. The third-order valence-electron chi connectivity index (χ3n) is 3.38. The second kappa shape index (κ2) is 5.64. The minimum Gasteiger partial charge on any atom is -0.422 e. The Labute approximate surface area is 121 Å². The first-order valence-corrected chi connectivity index (χ1v) is 6.23. The molecule has 106 valence electrons. The van der Waals surface area contributed by atoms with E-state index < -0.39 is 5.63 Å². The summed E-state index contributed by atoms with van der Waals surface area (Å²) in [6, 6.07) is 8.72. The van der Waals surface area contributed by atoms with E-state index in [4.69, 9.17) is 10.2 Å². The molecule has 20 heavy (non-hydrogen) atoms. The van der Waals surface area contributed by atoms with Crippen LogP contribution in [0.15, 0.2) is 39.5 Å². The molecule has 0 unspecified atom stereocenters. The third kappa shape index (κ3) is 2.55. The Hall–Kier alpha value is -1.85. The number of amides is 1. The molecule has 0 radical (unpaired) electrons. The quantitative estimate of drug-likeness (QED) is 0.806. The number of nitrogens with zero attached hydrogens (tertiary/aromatic N) is 1. The Morgan fingerprint density at radius 1 is 1.35 bits per heavy atom. The van der Waals surface area contributed by atoms with E-state index in [1.165, 1.54) is 0 Å². The maximum Gasteiger partial charge on any atom is 0.349 e. The number of benzene rings is 1. The molecule has 2 aromatic rings. The largest absolute Gasteiger partial charge is 0.422 e. The highest BCUT2D eigenvalue weighted by atomic mass is 35.5. The molecular formula is C14H15ClN2O3. The number of nitrogens with two attached hydrogens (primary N) is 1. The fourth-order valence-electron chi connectivity index (χ4n) is 2.35. The van der Waals surface area contributed by atoms with E-state index in [1.54, 1.807) is 23.1 Å². The number of hydrogen-bond donors (Lipinski definition) is 1. The van der Waals surface area contributed by atoms with Crippen molar-refractivity contribution in [3.63, 3.8) is 0 Å². The van der Waals surface area contributed by atoms with Crippen LogP contribution in [-0.4, -0.2) is 29.9 Å². The maximum absolute atomic E-state index is 12.3. The van der Waals surface area contributed by atoms with Crippen LogP contribution in [0.3, 0.4) is 0 Å². The molecule has 2 N–H and O–H groups in total. The molecule has 2 heterocycles. The lowest BCUT2D eigenvalue weighted by Gasteiger charge is -2.14. The molecule has 1 aromatic heterocycles. The number of rotatable bonds is 1. The Bertz CT molecular complexity index is 698. The molecule has 0 bridgehead atoms. The Morgan fingerprint density at radius 2 is 2.10 bits per heavy atom. The summed E-state index contributed by atoms with van der Waals surface area (Å²) in [5, 5.41) is 0.744. The van der Waals surface area contributed by atoms with Crippen molar-refractivity contribution in [2.75, 3.05) is 13.1 Å². The molecule has 5 nitrogen and oxygen atoms in total. The predicted octanol–water partition coefficient (Wildman–Crippen LogP) is 1.39. The fraction of sp³-hybridized carbons (Fsp3) is 0.286. The van der Waals surface area contributed by atoms with Crippen molar-refractivity contribution in [3.05, 3.63) is 46.3 Å². The molecular weight excluding hydrogens is 280 g/mol. The zero-order valence-corrected chi connectivity index (χ0v) is 11.6. The number of likely N-dealkylation sites (tertiary alicyclic amines) is 1. The summed E-state index contributed by atoms with van der Waals surface area (Å²) in [4.78, 5) is 25.7. The van der Waals surface area contributed by atoms with E-state index in [-0.39, 0.29) is 29.9 Å². The smallest absolute Gasteiger partial charge is 0.349 e. The molecule has 1 aliphatic rings. The highest BCUT2D eigenvalue weighted by Gasteiger charge is 2.26. The SMILES string of the molecule is Cl.N[C@@H]1CCN(C(=O)c2cc3ccccc3oc2=O)C1. The Kier molecular flexibility index (Phi) is 4.11. The van der Waals surface area contributed by atoms with Crippen molar-refractivity contribution in [2.45, 2.75) is 12.5 Å². The molecule has 1 atom stereocenters. The first-order valence-electron chi connectivity index (χ1n) is 6.23. The predicted molar refractivity (Wildman–Crippen MR) is 78.2 cm³/mol. The number of hydrogen-bond acceptors (Lipinski definition) is 4. The number of carbonyl (C=O) groups excluding carboxylic acids is 1. The molecule has 0 aliphatic carbocycles. The van der Waals surface area contributed by atoms with Crippen LogP contribution >= 0.6 is 12.4 Å². The van der Waals surface area contributed by atoms with Gasteiger partial charge in [-0.3, -0.25) is 4.79 Å². The van der Waals surface area contributed by atoms with Gasteiger partial charge < -0.3 is 15.1 Å². The third-order valence-corrected chi connectivity index (χ3v) is 3.38. The van der Waals surface area contributed by atoms with Crippen LogP contribution in [0.4, 0.5) is 0 Å². The van der Waals surface area contributed by atoms with E-state index >= 15 is 0 Å². The van der Waals surface area contributed by atoms with Crippen molar-refractivity contribution in [3.8, 4) is 0 Å². The van der Waals surface area contributed by atoms with Crippen LogP contribution < -0.4 is 11.4 Å². The van der Waals surface area contributed by atoms with Crippen LogP contribution in [0, 0.1) is 0 Å². The molecule has 6 heteroatoms. The lowest BCUT2D eigenvalue weighted by atomic mass is 10.1. The summed E-state index contributed by atoms with van der Waals surface area (Å²) in [5.41, 5.74) is 5.75. The summed E-state index contributed by atoms with van der Waals surface area (Å²) in [7, 11) is 0. The van der Waals surface area contributed by atoms with Gasteiger partial charge >= 0.3 is 5.63 Å². The number of halogens is 1. The molecule has 1 fully saturated rings. The monoisotopic (exact) mass is 294 g/mol. The second-order valence-electron chi connectivity index (χ2n) is 4.79. The van der Waals surface area contributed by atoms with Crippen molar-refractivity contribution in [2.24, 2.45) is 5.73 Å². The van der Waals surface area contributed by atoms with Crippen molar-refractivity contribution >= 4 is 29.3 Å². The van der Waals surface area contributed by atoms with Gasteiger partial charge in [-0.05, 0) is 18.6 Å². The summed E-state index contributed by atoms with van der Waals surface area (Å²) >= 11 is 0. The Balaban J connectivity index is 0.00000147. The highest BCUT2D eigenvalue weighted by Crippen LogP contribution is 2.15. The maximum atomic E-state index is 12.3. The van der Waals surface area contributed by atoms with Gasteiger partial charge in [-0.25, -0.2) is 4.79 Å². The van der Waals surface area contributed by atoms with Gasteiger partial charge in [0, 0.05) is 24.5 Å². The Morgan fingerprint density at radius 3 is 2.80 bits per heavy atom. The zero-order valence-electron chi connectivity index (χ0n) is 10.7. The normalized spacial score (nSPS) is 18.1. The van der Waals surface area contributed by atoms with Gasteiger partial charge in [0.05, 0.1) is 0 Å². The van der Waals surface area contributed by atoms with Gasteiger partial charge in [-0.2, -0.15) is 0 Å². The number of carbonyl (C=O) groups is 1. The first kappa shape index (κ1) is 14.6. The molecule has 1 aliphatic heterocycles. The standard InChI is InChI=1S/C14H14N2O3.ClH/c15-10-5-6-16(8-10)13(17)11-7-9-3-1-2-4-12(9)19-14(11)18;/h1-4,7,10H,5-6,8,15H2;1H/t10-;/m1./s1. The van der Waals surface area contributed by atoms with E-state index in [0.717, 1.165) is 11.8 Å². The number of para-hydroxylation sites is 1. The van der Waals surface area contributed by atoms with Crippen LogP contribution in [-0.2, 0) is 0 Å². The summed E-state index contributed by atoms with van der Waals surface area (Å²) in [5.74, 6) is -0.299.